The van der Waals surface area contributed by atoms with Crippen LogP contribution in [0.2, 0.25) is 0 Å². The van der Waals surface area contributed by atoms with Gasteiger partial charge in [-0.05, 0) is 50.1 Å². The van der Waals surface area contributed by atoms with Gasteiger partial charge in [-0.1, -0.05) is 12.1 Å². The zero-order valence-electron chi connectivity index (χ0n) is 11.8. The molecule has 1 aromatic heterocycles. The molecule has 0 aliphatic carbocycles. The molecular formula is C16H21NO2. The van der Waals surface area contributed by atoms with Gasteiger partial charge >= 0.3 is 0 Å². The summed E-state index contributed by atoms with van der Waals surface area (Å²) in [4.78, 5) is 0. The predicted molar refractivity (Wildman–Crippen MR) is 76.4 cm³/mol. The Hall–Kier alpha value is -1.74. The van der Waals surface area contributed by atoms with E-state index in [9.17, 15) is 0 Å². The van der Waals surface area contributed by atoms with E-state index in [1.165, 1.54) is 11.1 Å². The summed E-state index contributed by atoms with van der Waals surface area (Å²) >= 11 is 0. The van der Waals surface area contributed by atoms with Crippen LogP contribution < -0.4 is 10.1 Å². The summed E-state index contributed by atoms with van der Waals surface area (Å²) in [6.45, 7) is 7.72. The van der Waals surface area contributed by atoms with Crippen LogP contribution in [-0.2, 0) is 6.54 Å². The zero-order valence-corrected chi connectivity index (χ0v) is 11.8. The molecule has 0 aliphatic rings. The summed E-state index contributed by atoms with van der Waals surface area (Å²) in [6, 6.07) is 10.1. The second-order valence-electron chi connectivity index (χ2n) is 4.91. The van der Waals surface area contributed by atoms with Crippen molar-refractivity contribution < 1.29 is 9.15 Å². The van der Waals surface area contributed by atoms with Gasteiger partial charge in [-0.2, -0.15) is 0 Å². The number of benzene rings is 1. The Bertz CT molecular complexity index is 505. The molecule has 0 spiro atoms. The first kappa shape index (κ1) is 13.7. The molecule has 1 aromatic carbocycles. The van der Waals surface area contributed by atoms with Crippen molar-refractivity contribution in [3.63, 3.8) is 0 Å². The number of hydrogen-bond donors (Lipinski definition) is 1. The quantitative estimate of drug-likeness (QED) is 0.862. The molecule has 0 fully saturated rings. The van der Waals surface area contributed by atoms with E-state index in [-0.39, 0.29) is 6.10 Å². The highest BCUT2D eigenvalue weighted by Crippen LogP contribution is 2.20. The summed E-state index contributed by atoms with van der Waals surface area (Å²) < 4.78 is 11.2. The first-order chi connectivity index (χ1) is 9.15. The zero-order chi connectivity index (χ0) is 13.7. The van der Waals surface area contributed by atoms with Gasteiger partial charge < -0.3 is 14.5 Å². The van der Waals surface area contributed by atoms with Gasteiger partial charge in [0, 0.05) is 6.54 Å². The van der Waals surface area contributed by atoms with Gasteiger partial charge in [0.1, 0.15) is 17.6 Å². The lowest BCUT2D eigenvalue weighted by Gasteiger charge is -2.17. The Labute approximate surface area is 114 Å². The Balaban J connectivity index is 1.80. The largest absolute Gasteiger partial charge is 0.489 e. The summed E-state index contributed by atoms with van der Waals surface area (Å²) in [5.41, 5.74) is 2.39. The fourth-order valence-electron chi connectivity index (χ4n) is 1.90. The van der Waals surface area contributed by atoms with Gasteiger partial charge in [0.05, 0.1) is 12.8 Å². The van der Waals surface area contributed by atoms with Crippen LogP contribution in [0.4, 0.5) is 0 Å². The molecule has 19 heavy (non-hydrogen) atoms. The molecule has 3 heteroatoms. The third-order valence-electron chi connectivity index (χ3n) is 2.98. The number of ether oxygens (including phenoxy) is 1. The van der Waals surface area contributed by atoms with Crippen molar-refractivity contribution in [2.45, 2.75) is 33.4 Å². The van der Waals surface area contributed by atoms with Crippen molar-refractivity contribution in [3.8, 4) is 5.75 Å². The number of rotatable bonds is 6. The molecule has 0 saturated carbocycles. The van der Waals surface area contributed by atoms with Crippen LogP contribution >= 0.6 is 0 Å². The lowest BCUT2D eigenvalue weighted by atomic mass is 10.1. The number of hydrogen-bond acceptors (Lipinski definition) is 3. The van der Waals surface area contributed by atoms with Crippen molar-refractivity contribution >= 4 is 0 Å². The third-order valence-corrected chi connectivity index (χ3v) is 2.98. The molecule has 0 saturated heterocycles. The highest BCUT2D eigenvalue weighted by molar-refractivity contribution is 5.36. The predicted octanol–water partition coefficient (Wildman–Crippen LogP) is 3.45. The Morgan fingerprint density at radius 2 is 2.11 bits per heavy atom. The standard InChI is InChI=1S/C16H21NO2/c1-12-6-7-13(2)16(9-12)19-14(3)10-17-11-15-5-4-8-18-15/h4-9,14,17H,10-11H2,1-3H3. The molecule has 0 amide bonds. The highest BCUT2D eigenvalue weighted by Gasteiger charge is 2.06. The van der Waals surface area contributed by atoms with E-state index < -0.39 is 0 Å². The molecule has 1 atom stereocenters. The van der Waals surface area contributed by atoms with Crippen molar-refractivity contribution in [1.29, 1.82) is 0 Å². The topological polar surface area (TPSA) is 34.4 Å². The lowest BCUT2D eigenvalue weighted by Crippen LogP contribution is -2.28. The average Bonchev–Trinajstić information content (AvgIpc) is 2.87. The van der Waals surface area contributed by atoms with E-state index in [1.807, 2.05) is 12.1 Å². The molecule has 0 aliphatic heterocycles. The first-order valence-electron chi connectivity index (χ1n) is 6.62. The number of aryl methyl sites for hydroxylation is 2. The minimum absolute atomic E-state index is 0.121. The molecule has 1 unspecified atom stereocenters. The Morgan fingerprint density at radius 1 is 1.26 bits per heavy atom. The Morgan fingerprint density at radius 3 is 2.84 bits per heavy atom. The van der Waals surface area contributed by atoms with E-state index >= 15 is 0 Å². The van der Waals surface area contributed by atoms with Crippen LogP contribution in [0.15, 0.2) is 41.0 Å². The van der Waals surface area contributed by atoms with Crippen molar-refractivity contribution in [2.24, 2.45) is 0 Å². The fourth-order valence-corrected chi connectivity index (χ4v) is 1.90. The van der Waals surface area contributed by atoms with Crippen LogP contribution in [0.3, 0.4) is 0 Å². The minimum Gasteiger partial charge on any atom is -0.489 e. The molecule has 102 valence electrons. The van der Waals surface area contributed by atoms with E-state index in [1.54, 1.807) is 6.26 Å². The van der Waals surface area contributed by atoms with Crippen molar-refractivity contribution in [3.05, 3.63) is 53.5 Å². The summed E-state index contributed by atoms with van der Waals surface area (Å²) in [6.07, 6.45) is 1.81. The maximum Gasteiger partial charge on any atom is 0.122 e. The Kier molecular flexibility index (Phi) is 4.63. The van der Waals surface area contributed by atoms with E-state index in [4.69, 9.17) is 9.15 Å². The number of nitrogens with one attached hydrogen (secondary N) is 1. The van der Waals surface area contributed by atoms with Gasteiger partial charge in [0.25, 0.3) is 0 Å². The van der Waals surface area contributed by atoms with Gasteiger partial charge in [0.2, 0.25) is 0 Å². The fraction of sp³-hybridized carbons (Fsp3) is 0.375. The van der Waals surface area contributed by atoms with Crippen LogP contribution in [0.1, 0.15) is 23.8 Å². The summed E-state index contributed by atoms with van der Waals surface area (Å²) in [5.74, 6) is 1.91. The van der Waals surface area contributed by atoms with Gasteiger partial charge in [0.15, 0.2) is 0 Å². The van der Waals surface area contributed by atoms with E-state index in [0.717, 1.165) is 24.6 Å². The van der Waals surface area contributed by atoms with Gasteiger partial charge in [-0.15, -0.1) is 0 Å². The number of furan rings is 1. The second-order valence-corrected chi connectivity index (χ2v) is 4.91. The van der Waals surface area contributed by atoms with Gasteiger partial charge in [-0.3, -0.25) is 0 Å². The van der Waals surface area contributed by atoms with Crippen molar-refractivity contribution in [1.82, 2.24) is 5.32 Å². The molecule has 2 aromatic rings. The lowest BCUT2D eigenvalue weighted by molar-refractivity contribution is 0.214. The molecule has 1 N–H and O–H groups in total. The van der Waals surface area contributed by atoms with E-state index in [2.05, 4.69) is 44.3 Å². The first-order valence-corrected chi connectivity index (χ1v) is 6.62. The molecule has 0 radical (unpaired) electrons. The van der Waals surface area contributed by atoms with Crippen LogP contribution in [0.5, 0.6) is 5.75 Å². The normalized spacial score (nSPS) is 12.4. The second kappa shape index (κ2) is 6.43. The molecule has 1 heterocycles. The minimum atomic E-state index is 0.121. The van der Waals surface area contributed by atoms with Crippen LogP contribution in [0.25, 0.3) is 0 Å². The smallest absolute Gasteiger partial charge is 0.122 e. The van der Waals surface area contributed by atoms with Crippen LogP contribution in [-0.4, -0.2) is 12.6 Å². The van der Waals surface area contributed by atoms with Crippen LogP contribution in [0, 0.1) is 13.8 Å². The van der Waals surface area contributed by atoms with Gasteiger partial charge in [-0.25, -0.2) is 0 Å². The SMILES string of the molecule is Cc1ccc(C)c(OC(C)CNCc2ccco2)c1. The highest BCUT2D eigenvalue weighted by atomic mass is 16.5. The molecular weight excluding hydrogens is 238 g/mol. The molecule has 0 bridgehead atoms. The molecule has 2 rings (SSSR count). The average molecular weight is 259 g/mol. The molecule has 3 nitrogen and oxygen atoms in total. The maximum atomic E-state index is 5.95. The summed E-state index contributed by atoms with van der Waals surface area (Å²) in [5, 5.41) is 3.32. The maximum absolute atomic E-state index is 5.95. The van der Waals surface area contributed by atoms with Crippen molar-refractivity contribution in [2.75, 3.05) is 6.54 Å². The monoisotopic (exact) mass is 259 g/mol. The summed E-state index contributed by atoms with van der Waals surface area (Å²) in [7, 11) is 0. The van der Waals surface area contributed by atoms with E-state index in [0.29, 0.717) is 0 Å². The third kappa shape index (κ3) is 4.14.